The summed E-state index contributed by atoms with van der Waals surface area (Å²) in [7, 11) is 0. The van der Waals surface area contributed by atoms with Gasteiger partial charge in [0.05, 0.1) is 19.3 Å². The Kier molecular flexibility index (Phi) is 5.87. The van der Waals surface area contributed by atoms with Gasteiger partial charge in [-0.1, -0.05) is 57.4 Å². The van der Waals surface area contributed by atoms with E-state index in [1.54, 1.807) is 0 Å². The average molecular weight is 261 g/mol. The lowest BCUT2D eigenvalue weighted by atomic mass is 9.96. The Hall–Kier alpha value is -0.860. The van der Waals surface area contributed by atoms with Crippen molar-refractivity contribution in [2.75, 3.05) is 13.2 Å². The molecule has 0 bridgehead atoms. The molecule has 0 amide bonds. The summed E-state index contributed by atoms with van der Waals surface area (Å²) in [5.41, 5.74) is 2.77. The molecule has 1 aromatic carbocycles. The van der Waals surface area contributed by atoms with Crippen LogP contribution < -0.4 is 5.32 Å². The van der Waals surface area contributed by atoms with Crippen LogP contribution in [-0.4, -0.2) is 13.2 Å². The number of benzene rings is 1. The van der Waals surface area contributed by atoms with Crippen LogP contribution in [0.4, 0.5) is 0 Å². The zero-order valence-corrected chi connectivity index (χ0v) is 12.3. The third-order valence-electron chi connectivity index (χ3n) is 4.17. The number of unbranched alkanes of at least 4 members (excludes halogenated alkanes) is 1. The van der Waals surface area contributed by atoms with Crippen molar-refractivity contribution in [2.24, 2.45) is 5.92 Å². The van der Waals surface area contributed by atoms with Gasteiger partial charge >= 0.3 is 0 Å². The molecule has 2 nitrogen and oxygen atoms in total. The number of hydrogen-bond acceptors (Lipinski definition) is 2. The Morgan fingerprint density at radius 1 is 1.32 bits per heavy atom. The topological polar surface area (TPSA) is 21.3 Å². The fourth-order valence-corrected chi connectivity index (χ4v) is 2.80. The summed E-state index contributed by atoms with van der Waals surface area (Å²) in [5.74, 6) is 0.800. The second kappa shape index (κ2) is 7.66. The largest absolute Gasteiger partial charge is 0.375 e. The molecule has 1 N–H and O–H groups in total. The summed E-state index contributed by atoms with van der Waals surface area (Å²) in [6.07, 6.45) is 5.25. The Labute approximate surface area is 117 Å². The molecule has 2 heteroatoms. The van der Waals surface area contributed by atoms with Crippen LogP contribution in [0.3, 0.4) is 0 Å². The van der Waals surface area contributed by atoms with Gasteiger partial charge in [0.15, 0.2) is 0 Å². The Balaban J connectivity index is 1.89. The van der Waals surface area contributed by atoms with Crippen LogP contribution in [0, 0.1) is 5.92 Å². The van der Waals surface area contributed by atoms with Gasteiger partial charge in [-0.2, -0.15) is 0 Å². The van der Waals surface area contributed by atoms with E-state index < -0.39 is 0 Å². The standard InChI is InChI=1S/C17H27NO/c1-3-5-8-14(4-2)11-18-17-13-19-12-15-9-6-7-10-16(15)17/h6-7,9-10,14,17-18H,3-5,8,11-13H2,1-2H3. The second-order valence-corrected chi connectivity index (χ2v) is 5.59. The third kappa shape index (κ3) is 4.05. The molecule has 1 heterocycles. The molecule has 0 saturated heterocycles. The molecule has 1 aliphatic rings. The van der Waals surface area contributed by atoms with Crippen molar-refractivity contribution in [3.05, 3.63) is 35.4 Å². The van der Waals surface area contributed by atoms with Crippen molar-refractivity contribution < 1.29 is 4.74 Å². The molecule has 1 aromatic rings. The molecular formula is C17H27NO. The highest BCUT2D eigenvalue weighted by Gasteiger charge is 2.20. The molecule has 2 rings (SSSR count). The Morgan fingerprint density at radius 3 is 2.95 bits per heavy atom. The molecule has 0 aliphatic carbocycles. The smallest absolute Gasteiger partial charge is 0.0721 e. The lowest BCUT2D eigenvalue weighted by molar-refractivity contribution is 0.0806. The first-order valence-electron chi connectivity index (χ1n) is 7.74. The lowest BCUT2D eigenvalue weighted by Crippen LogP contribution is -2.33. The predicted molar refractivity (Wildman–Crippen MR) is 80.1 cm³/mol. The predicted octanol–water partition coefficient (Wildman–Crippen LogP) is 4.06. The monoisotopic (exact) mass is 261 g/mol. The van der Waals surface area contributed by atoms with Gasteiger partial charge in [-0.15, -0.1) is 0 Å². The third-order valence-corrected chi connectivity index (χ3v) is 4.17. The molecule has 106 valence electrons. The molecule has 19 heavy (non-hydrogen) atoms. The van der Waals surface area contributed by atoms with E-state index in [4.69, 9.17) is 4.74 Å². The van der Waals surface area contributed by atoms with Crippen LogP contribution in [0.25, 0.3) is 0 Å². The summed E-state index contributed by atoms with van der Waals surface area (Å²) in [5, 5.41) is 3.71. The number of ether oxygens (including phenoxy) is 1. The van der Waals surface area contributed by atoms with Gasteiger partial charge in [-0.3, -0.25) is 0 Å². The average Bonchev–Trinajstić information content (AvgIpc) is 2.47. The Bertz CT molecular complexity index is 377. The quantitative estimate of drug-likeness (QED) is 0.799. The summed E-state index contributed by atoms with van der Waals surface area (Å²) >= 11 is 0. The van der Waals surface area contributed by atoms with Crippen molar-refractivity contribution >= 4 is 0 Å². The fraction of sp³-hybridized carbons (Fsp3) is 0.647. The van der Waals surface area contributed by atoms with Gasteiger partial charge in [0, 0.05) is 0 Å². The van der Waals surface area contributed by atoms with Crippen molar-refractivity contribution in [1.82, 2.24) is 5.32 Å². The van der Waals surface area contributed by atoms with Crippen LogP contribution >= 0.6 is 0 Å². The first-order valence-corrected chi connectivity index (χ1v) is 7.74. The number of rotatable bonds is 7. The van der Waals surface area contributed by atoms with Crippen molar-refractivity contribution in [2.45, 2.75) is 52.2 Å². The first-order chi connectivity index (χ1) is 9.35. The van der Waals surface area contributed by atoms with Crippen LogP contribution in [0.5, 0.6) is 0 Å². The minimum Gasteiger partial charge on any atom is -0.375 e. The molecule has 0 fully saturated rings. The van der Waals surface area contributed by atoms with E-state index >= 15 is 0 Å². The SMILES string of the molecule is CCCCC(CC)CNC1COCc2ccccc21. The van der Waals surface area contributed by atoms with Crippen LogP contribution in [0.2, 0.25) is 0 Å². The summed E-state index contributed by atoms with van der Waals surface area (Å²) in [4.78, 5) is 0. The molecule has 0 aromatic heterocycles. The second-order valence-electron chi connectivity index (χ2n) is 5.59. The van der Waals surface area contributed by atoms with Gasteiger partial charge < -0.3 is 10.1 Å². The van der Waals surface area contributed by atoms with Crippen molar-refractivity contribution in [1.29, 1.82) is 0 Å². The molecule has 0 radical (unpaired) electrons. The van der Waals surface area contributed by atoms with Crippen LogP contribution in [0.15, 0.2) is 24.3 Å². The highest BCUT2D eigenvalue weighted by molar-refractivity contribution is 5.31. The summed E-state index contributed by atoms with van der Waals surface area (Å²) < 4.78 is 5.69. The van der Waals surface area contributed by atoms with E-state index in [-0.39, 0.29) is 0 Å². The summed E-state index contributed by atoms with van der Waals surface area (Å²) in [6, 6.07) is 9.02. The Morgan fingerprint density at radius 2 is 2.16 bits per heavy atom. The van der Waals surface area contributed by atoms with Crippen molar-refractivity contribution in [3.8, 4) is 0 Å². The molecule has 1 aliphatic heterocycles. The van der Waals surface area contributed by atoms with E-state index in [1.165, 1.54) is 36.8 Å². The van der Waals surface area contributed by atoms with Crippen molar-refractivity contribution in [3.63, 3.8) is 0 Å². The highest BCUT2D eigenvalue weighted by atomic mass is 16.5. The maximum atomic E-state index is 5.69. The maximum Gasteiger partial charge on any atom is 0.0721 e. The fourth-order valence-electron chi connectivity index (χ4n) is 2.80. The minimum absolute atomic E-state index is 0.376. The van der Waals surface area contributed by atoms with E-state index in [0.29, 0.717) is 6.04 Å². The molecule has 0 saturated carbocycles. The van der Waals surface area contributed by atoms with E-state index in [0.717, 1.165) is 25.7 Å². The lowest BCUT2D eigenvalue weighted by Gasteiger charge is -2.28. The number of nitrogens with one attached hydrogen (secondary N) is 1. The first kappa shape index (κ1) is 14.5. The van der Waals surface area contributed by atoms with Crippen LogP contribution in [0.1, 0.15) is 56.7 Å². The number of hydrogen-bond donors (Lipinski definition) is 1. The molecule has 2 atom stereocenters. The maximum absolute atomic E-state index is 5.69. The van der Waals surface area contributed by atoms with Gasteiger partial charge in [-0.25, -0.2) is 0 Å². The van der Waals surface area contributed by atoms with Gasteiger partial charge in [0.1, 0.15) is 0 Å². The highest BCUT2D eigenvalue weighted by Crippen LogP contribution is 2.25. The number of fused-ring (bicyclic) bond motifs is 1. The zero-order valence-electron chi connectivity index (χ0n) is 12.3. The normalized spacial score (nSPS) is 20.0. The molecule has 0 spiro atoms. The van der Waals surface area contributed by atoms with E-state index in [9.17, 15) is 0 Å². The van der Waals surface area contributed by atoms with Crippen LogP contribution in [-0.2, 0) is 11.3 Å². The van der Waals surface area contributed by atoms with Gasteiger partial charge in [0.25, 0.3) is 0 Å². The van der Waals surface area contributed by atoms with Gasteiger partial charge in [0.2, 0.25) is 0 Å². The molecular weight excluding hydrogens is 234 g/mol. The molecule has 2 unspecified atom stereocenters. The van der Waals surface area contributed by atoms with E-state index in [1.807, 2.05) is 0 Å². The minimum atomic E-state index is 0.376. The van der Waals surface area contributed by atoms with Gasteiger partial charge in [-0.05, 0) is 30.0 Å². The zero-order chi connectivity index (χ0) is 13.5. The summed E-state index contributed by atoms with van der Waals surface area (Å²) in [6.45, 7) is 7.25. The van der Waals surface area contributed by atoms with E-state index in [2.05, 4.69) is 43.4 Å².